The third-order valence-corrected chi connectivity index (χ3v) is 3.71. The first kappa shape index (κ1) is 12.0. The molecule has 0 saturated carbocycles. The second-order valence-corrected chi connectivity index (χ2v) is 4.73. The Balaban J connectivity index is 2.56. The lowest BCUT2D eigenvalue weighted by Gasteiger charge is -2.42. The molecule has 0 bridgehead atoms. The van der Waals surface area contributed by atoms with Crippen LogP contribution in [0.5, 0.6) is 0 Å². The number of hydrogen-bond donors (Lipinski definition) is 1. The normalized spacial score (nSPS) is 29.8. The van der Waals surface area contributed by atoms with Gasteiger partial charge >= 0.3 is 0 Å². The standard InChI is InChI=1S/C12H26N2/c1-4-11(5-2)14-7-6-10(3)8-12(14)9-13/h10-12H,4-9,13H2,1-3H3. The van der Waals surface area contributed by atoms with Crippen LogP contribution >= 0.6 is 0 Å². The minimum atomic E-state index is 0.642. The highest BCUT2D eigenvalue weighted by Gasteiger charge is 2.28. The van der Waals surface area contributed by atoms with Crippen LogP contribution in [0.25, 0.3) is 0 Å². The zero-order chi connectivity index (χ0) is 10.6. The van der Waals surface area contributed by atoms with E-state index in [0.29, 0.717) is 6.04 Å². The summed E-state index contributed by atoms with van der Waals surface area (Å²) >= 11 is 0. The average molecular weight is 198 g/mol. The molecule has 1 aliphatic rings. The van der Waals surface area contributed by atoms with E-state index in [-0.39, 0.29) is 0 Å². The van der Waals surface area contributed by atoms with Gasteiger partial charge in [0, 0.05) is 18.6 Å². The molecule has 0 amide bonds. The van der Waals surface area contributed by atoms with Gasteiger partial charge in [0.15, 0.2) is 0 Å². The highest BCUT2D eigenvalue weighted by molar-refractivity contribution is 4.84. The molecular formula is C12H26N2. The quantitative estimate of drug-likeness (QED) is 0.750. The maximum atomic E-state index is 5.86. The minimum absolute atomic E-state index is 0.642. The van der Waals surface area contributed by atoms with Gasteiger partial charge in [-0.3, -0.25) is 4.90 Å². The van der Waals surface area contributed by atoms with E-state index in [1.54, 1.807) is 0 Å². The predicted molar refractivity (Wildman–Crippen MR) is 62.3 cm³/mol. The molecule has 1 rings (SSSR count). The first-order chi connectivity index (χ1) is 6.72. The monoisotopic (exact) mass is 198 g/mol. The number of hydrogen-bond acceptors (Lipinski definition) is 2. The maximum Gasteiger partial charge on any atom is 0.0223 e. The van der Waals surface area contributed by atoms with Crippen molar-refractivity contribution in [3.8, 4) is 0 Å². The summed E-state index contributed by atoms with van der Waals surface area (Å²) in [5.74, 6) is 0.870. The van der Waals surface area contributed by atoms with Crippen LogP contribution < -0.4 is 5.73 Å². The lowest BCUT2D eigenvalue weighted by molar-refractivity contribution is 0.0718. The van der Waals surface area contributed by atoms with Crippen molar-refractivity contribution in [3.63, 3.8) is 0 Å². The minimum Gasteiger partial charge on any atom is -0.329 e. The van der Waals surface area contributed by atoms with Gasteiger partial charge in [-0.05, 0) is 38.1 Å². The van der Waals surface area contributed by atoms with Crippen LogP contribution in [0, 0.1) is 5.92 Å². The Morgan fingerprint density at radius 2 is 2.00 bits per heavy atom. The van der Waals surface area contributed by atoms with Gasteiger partial charge in [-0.1, -0.05) is 20.8 Å². The fraction of sp³-hybridized carbons (Fsp3) is 1.00. The Morgan fingerprint density at radius 1 is 1.36 bits per heavy atom. The molecule has 0 spiro atoms. The molecule has 2 heteroatoms. The number of likely N-dealkylation sites (tertiary alicyclic amines) is 1. The van der Waals surface area contributed by atoms with E-state index >= 15 is 0 Å². The molecule has 0 aliphatic carbocycles. The van der Waals surface area contributed by atoms with Crippen molar-refractivity contribution in [1.82, 2.24) is 4.90 Å². The number of nitrogens with zero attached hydrogens (tertiary/aromatic N) is 1. The van der Waals surface area contributed by atoms with Crippen LogP contribution in [0.4, 0.5) is 0 Å². The summed E-state index contributed by atoms with van der Waals surface area (Å²) in [6, 6.07) is 1.40. The van der Waals surface area contributed by atoms with Gasteiger partial charge in [0.05, 0.1) is 0 Å². The van der Waals surface area contributed by atoms with E-state index in [2.05, 4.69) is 25.7 Å². The van der Waals surface area contributed by atoms with Gasteiger partial charge in [-0.2, -0.15) is 0 Å². The Kier molecular flexibility index (Phi) is 4.90. The molecule has 84 valence electrons. The predicted octanol–water partition coefficient (Wildman–Crippen LogP) is 2.23. The number of piperidine rings is 1. The van der Waals surface area contributed by atoms with Crippen LogP contribution in [0.3, 0.4) is 0 Å². The SMILES string of the molecule is CCC(CC)N1CCC(C)CC1CN. The summed E-state index contributed by atoms with van der Waals surface area (Å²) in [7, 11) is 0. The second kappa shape index (κ2) is 5.72. The van der Waals surface area contributed by atoms with Gasteiger partial charge in [0.1, 0.15) is 0 Å². The molecule has 1 fully saturated rings. The molecule has 2 N–H and O–H groups in total. The Bertz CT molecular complexity index is 154. The largest absolute Gasteiger partial charge is 0.329 e. The Labute approximate surface area is 88.8 Å². The summed E-state index contributed by atoms with van der Waals surface area (Å²) in [5, 5.41) is 0. The highest BCUT2D eigenvalue weighted by atomic mass is 15.2. The second-order valence-electron chi connectivity index (χ2n) is 4.73. The van der Waals surface area contributed by atoms with Crippen LogP contribution in [-0.2, 0) is 0 Å². The molecular weight excluding hydrogens is 172 g/mol. The summed E-state index contributed by atoms with van der Waals surface area (Å²) in [6.07, 6.45) is 5.18. The average Bonchev–Trinajstić information content (AvgIpc) is 2.21. The highest BCUT2D eigenvalue weighted by Crippen LogP contribution is 2.25. The third kappa shape index (κ3) is 2.71. The van der Waals surface area contributed by atoms with Crippen LogP contribution in [0.15, 0.2) is 0 Å². The van der Waals surface area contributed by atoms with E-state index in [1.807, 2.05) is 0 Å². The van der Waals surface area contributed by atoms with Gasteiger partial charge < -0.3 is 5.73 Å². The Hall–Kier alpha value is -0.0800. The molecule has 0 aromatic heterocycles. The van der Waals surface area contributed by atoms with E-state index in [1.165, 1.54) is 32.2 Å². The van der Waals surface area contributed by atoms with Crippen molar-refractivity contribution in [3.05, 3.63) is 0 Å². The van der Waals surface area contributed by atoms with Gasteiger partial charge in [-0.15, -0.1) is 0 Å². The molecule has 0 aromatic rings. The van der Waals surface area contributed by atoms with Crippen LogP contribution in [-0.4, -0.2) is 30.1 Å². The van der Waals surface area contributed by atoms with Crippen LogP contribution in [0.1, 0.15) is 46.5 Å². The van der Waals surface area contributed by atoms with Crippen molar-refractivity contribution in [2.24, 2.45) is 11.7 Å². The molecule has 2 unspecified atom stereocenters. The summed E-state index contributed by atoms with van der Waals surface area (Å²) in [5.41, 5.74) is 5.86. The van der Waals surface area contributed by atoms with Crippen molar-refractivity contribution in [2.75, 3.05) is 13.1 Å². The fourth-order valence-corrected chi connectivity index (χ4v) is 2.74. The van der Waals surface area contributed by atoms with Gasteiger partial charge in [0.25, 0.3) is 0 Å². The summed E-state index contributed by atoms with van der Waals surface area (Å²) < 4.78 is 0. The fourth-order valence-electron chi connectivity index (χ4n) is 2.74. The van der Waals surface area contributed by atoms with Gasteiger partial charge in [0.2, 0.25) is 0 Å². The van der Waals surface area contributed by atoms with E-state index < -0.39 is 0 Å². The van der Waals surface area contributed by atoms with E-state index in [9.17, 15) is 0 Å². The topological polar surface area (TPSA) is 29.3 Å². The lowest BCUT2D eigenvalue weighted by Crippen LogP contribution is -2.50. The maximum absolute atomic E-state index is 5.86. The summed E-state index contributed by atoms with van der Waals surface area (Å²) in [4.78, 5) is 2.65. The molecule has 0 radical (unpaired) electrons. The molecule has 1 heterocycles. The van der Waals surface area contributed by atoms with Crippen LogP contribution in [0.2, 0.25) is 0 Å². The smallest absolute Gasteiger partial charge is 0.0223 e. The molecule has 2 atom stereocenters. The Morgan fingerprint density at radius 3 is 2.50 bits per heavy atom. The molecule has 1 aliphatic heterocycles. The lowest BCUT2D eigenvalue weighted by atomic mass is 9.90. The van der Waals surface area contributed by atoms with E-state index in [4.69, 9.17) is 5.73 Å². The molecule has 1 saturated heterocycles. The molecule has 2 nitrogen and oxygen atoms in total. The number of nitrogens with two attached hydrogens (primary N) is 1. The van der Waals surface area contributed by atoms with Crippen molar-refractivity contribution < 1.29 is 0 Å². The van der Waals surface area contributed by atoms with Crippen molar-refractivity contribution in [2.45, 2.75) is 58.5 Å². The first-order valence-electron chi connectivity index (χ1n) is 6.18. The number of rotatable bonds is 4. The third-order valence-electron chi connectivity index (χ3n) is 3.71. The molecule has 14 heavy (non-hydrogen) atoms. The molecule has 0 aromatic carbocycles. The van der Waals surface area contributed by atoms with Crippen molar-refractivity contribution in [1.29, 1.82) is 0 Å². The zero-order valence-corrected chi connectivity index (χ0v) is 10.00. The summed E-state index contributed by atoms with van der Waals surface area (Å²) in [6.45, 7) is 9.03. The van der Waals surface area contributed by atoms with Crippen molar-refractivity contribution >= 4 is 0 Å². The zero-order valence-electron chi connectivity index (χ0n) is 10.00. The first-order valence-corrected chi connectivity index (χ1v) is 6.18. The van der Waals surface area contributed by atoms with Gasteiger partial charge in [-0.25, -0.2) is 0 Å². The van der Waals surface area contributed by atoms with E-state index in [0.717, 1.165) is 18.5 Å².